The first-order chi connectivity index (χ1) is 10.2. The predicted octanol–water partition coefficient (Wildman–Crippen LogP) is 2.09. The van der Waals surface area contributed by atoms with E-state index in [1.54, 1.807) is 5.38 Å². The monoisotopic (exact) mass is 301 g/mol. The molecule has 0 saturated carbocycles. The number of aliphatic hydroxyl groups excluding tert-OH is 1. The number of aromatic nitrogens is 2. The molecular weight excluding hydrogens is 286 g/mol. The first-order valence-corrected chi connectivity index (χ1v) is 7.39. The SMILES string of the molecule is CCc1cc(C#CCCO)ccc1NC(=O)c1csnn1. The number of nitrogens with zero attached hydrogens (tertiary/aromatic N) is 2. The summed E-state index contributed by atoms with van der Waals surface area (Å²) in [6.07, 6.45) is 1.23. The third kappa shape index (κ3) is 4.12. The fourth-order valence-corrected chi connectivity index (χ4v) is 2.19. The van der Waals surface area contributed by atoms with E-state index in [4.69, 9.17) is 5.11 Å². The number of carbonyl (C=O) groups excluding carboxylic acids is 1. The summed E-state index contributed by atoms with van der Waals surface area (Å²) in [7, 11) is 0. The normalized spacial score (nSPS) is 9.81. The number of aryl methyl sites for hydroxylation is 1. The Morgan fingerprint density at radius 2 is 2.33 bits per heavy atom. The van der Waals surface area contributed by atoms with Gasteiger partial charge in [-0.25, -0.2) is 0 Å². The average molecular weight is 301 g/mol. The smallest absolute Gasteiger partial charge is 0.277 e. The Morgan fingerprint density at radius 3 is 3.00 bits per heavy atom. The van der Waals surface area contributed by atoms with Crippen molar-refractivity contribution in [1.82, 2.24) is 9.59 Å². The fraction of sp³-hybridized carbons (Fsp3) is 0.267. The number of rotatable bonds is 4. The lowest BCUT2D eigenvalue weighted by Crippen LogP contribution is -2.13. The molecule has 1 heterocycles. The zero-order valence-electron chi connectivity index (χ0n) is 11.6. The standard InChI is InChI=1S/C15H15N3O2S/c1-2-12-9-11(5-3-4-8-19)6-7-13(12)16-15(20)14-10-21-18-17-14/h6-7,9-10,19H,2,4,8H2,1H3,(H,16,20). The van der Waals surface area contributed by atoms with Gasteiger partial charge in [0.15, 0.2) is 5.69 Å². The van der Waals surface area contributed by atoms with Gasteiger partial charge in [-0.3, -0.25) is 4.79 Å². The number of carbonyl (C=O) groups is 1. The zero-order chi connectivity index (χ0) is 15.1. The molecule has 0 aliphatic heterocycles. The summed E-state index contributed by atoms with van der Waals surface area (Å²) in [6, 6.07) is 5.62. The van der Waals surface area contributed by atoms with Crippen molar-refractivity contribution in [3.8, 4) is 11.8 Å². The second-order valence-electron chi connectivity index (χ2n) is 4.25. The quantitative estimate of drug-likeness (QED) is 0.848. The summed E-state index contributed by atoms with van der Waals surface area (Å²) < 4.78 is 3.68. The third-order valence-electron chi connectivity index (χ3n) is 2.80. The van der Waals surface area contributed by atoms with Crippen LogP contribution in [0.3, 0.4) is 0 Å². The van der Waals surface area contributed by atoms with Crippen molar-refractivity contribution in [3.63, 3.8) is 0 Å². The molecule has 108 valence electrons. The minimum Gasteiger partial charge on any atom is -0.395 e. The molecule has 0 aliphatic carbocycles. The molecule has 0 atom stereocenters. The molecule has 21 heavy (non-hydrogen) atoms. The lowest BCUT2D eigenvalue weighted by molar-refractivity contribution is 0.102. The van der Waals surface area contributed by atoms with E-state index < -0.39 is 0 Å². The maximum Gasteiger partial charge on any atom is 0.277 e. The maximum atomic E-state index is 12.0. The van der Waals surface area contributed by atoms with Crippen LogP contribution in [0.5, 0.6) is 0 Å². The first-order valence-electron chi connectivity index (χ1n) is 6.55. The van der Waals surface area contributed by atoms with Gasteiger partial charge in [0.25, 0.3) is 5.91 Å². The van der Waals surface area contributed by atoms with Crippen LogP contribution in [0.2, 0.25) is 0 Å². The molecule has 2 aromatic rings. The number of hydrogen-bond acceptors (Lipinski definition) is 5. The van der Waals surface area contributed by atoms with Crippen LogP contribution in [-0.2, 0) is 6.42 Å². The lowest BCUT2D eigenvalue weighted by Gasteiger charge is -2.09. The molecule has 0 fully saturated rings. The van der Waals surface area contributed by atoms with Crippen molar-refractivity contribution in [2.75, 3.05) is 11.9 Å². The van der Waals surface area contributed by atoms with Crippen LogP contribution in [0.25, 0.3) is 0 Å². The van der Waals surface area contributed by atoms with Crippen LogP contribution in [-0.4, -0.2) is 27.2 Å². The molecule has 0 aliphatic rings. The van der Waals surface area contributed by atoms with Gasteiger partial charge in [-0.15, -0.1) is 5.10 Å². The molecule has 1 aromatic heterocycles. The summed E-state index contributed by atoms with van der Waals surface area (Å²) in [4.78, 5) is 12.0. The van der Waals surface area contributed by atoms with Crippen LogP contribution in [0.1, 0.15) is 35.0 Å². The number of nitrogens with one attached hydrogen (secondary N) is 1. The van der Waals surface area contributed by atoms with E-state index in [-0.39, 0.29) is 12.5 Å². The van der Waals surface area contributed by atoms with E-state index in [1.807, 2.05) is 25.1 Å². The highest BCUT2D eigenvalue weighted by Crippen LogP contribution is 2.19. The molecule has 6 heteroatoms. The second-order valence-corrected chi connectivity index (χ2v) is 4.85. The van der Waals surface area contributed by atoms with Gasteiger partial charge in [0.05, 0.1) is 6.61 Å². The van der Waals surface area contributed by atoms with Crippen LogP contribution < -0.4 is 5.32 Å². The van der Waals surface area contributed by atoms with E-state index >= 15 is 0 Å². The van der Waals surface area contributed by atoms with Gasteiger partial charge in [-0.2, -0.15) is 0 Å². The number of benzene rings is 1. The molecular formula is C15H15N3O2S. The van der Waals surface area contributed by atoms with E-state index in [0.717, 1.165) is 34.8 Å². The van der Waals surface area contributed by atoms with Gasteiger partial charge in [-0.05, 0) is 41.7 Å². The zero-order valence-corrected chi connectivity index (χ0v) is 12.4. The molecule has 0 unspecified atom stereocenters. The Morgan fingerprint density at radius 1 is 1.48 bits per heavy atom. The van der Waals surface area contributed by atoms with Crippen LogP contribution in [0, 0.1) is 11.8 Å². The number of hydrogen-bond donors (Lipinski definition) is 2. The van der Waals surface area contributed by atoms with Crippen molar-refractivity contribution < 1.29 is 9.90 Å². The Labute approximate surface area is 127 Å². The molecule has 0 bridgehead atoms. The highest BCUT2D eigenvalue weighted by molar-refractivity contribution is 7.03. The Balaban J connectivity index is 2.17. The average Bonchev–Trinajstić information content (AvgIpc) is 3.03. The molecule has 2 N–H and O–H groups in total. The van der Waals surface area contributed by atoms with Gasteiger partial charge in [0.2, 0.25) is 0 Å². The summed E-state index contributed by atoms with van der Waals surface area (Å²) in [5.74, 6) is 5.60. The molecule has 2 rings (SSSR count). The van der Waals surface area contributed by atoms with Gasteiger partial charge in [0, 0.05) is 23.1 Å². The molecule has 0 radical (unpaired) electrons. The van der Waals surface area contributed by atoms with Crippen LogP contribution in [0.15, 0.2) is 23.6 Å². The Kier molecular flexibility index (Phi) is 5.43. The van der Waals surface area contributed by atoms with E-state index in [0.29, 0.717) is 12.1 Å². The van der Waals surface area contributed by atoms with E-state index in [9.17, 15) is 4.79 Å². The topological polar surface area (TPSA) is 75.1 Å². The highest BCUT2D eigenvalue weighted by atomic mass is 32.1. The molecule has 0 saturated heterocycles. The van der Waals surface area contributed by atoms with Crippen molar-refractivity contribution in [2.45, 2.75) is 19.8 Å². The summed E-state index contributed by atoms with van der Waals surface area (Å²) in [5, 5.41) is 16.9. The molecule has 0 spiro atoms. The molecule has 1 aromatic carbocycles. The van der Waals surface area contributed by atoms with Gasteiger partial charge < -0.3 is 10.4 Å². The van der Waals surface area contributed by atoms with Gasteiger partial charge in [0.1, 0.15) is 0 Å². The lowest BCUT2D eigenvalue weighted by atomic mass is 10.1. The van der Waals surface area contributed by atoms with Crippen LogP contribution >= 0.6 is 11.5 Å². The second kappa shape index (κ2) is 7.53. The maximum absolute atomic E-state index is 12.0. The van der Waals surface area contributed by atoms with Crippen molar-refractivity contribution in [1.29, 1.82) is 0 Å². The summed E-state index contributed by atoms with van der Waals surface area (Å²) in [6.45, 7) is 2.07. The minimum atomic E-state index is -0.266. The number of anilines is 1. The summed E-state index contributed by atoms with van der Waals surface area (Å²) >= 11 is 1.14. The number of aliphatic hydroxyl groups is 1. The first kappa shape index (κ1) is 15.2. The summed E-state index contributed by atoms with van der Waals surface area (Å²) in [5.41, 5.74) is 2.94. The minimum absolute atomic E-state index is 0.0590. The molecule has 1 amide bonds. The largest absolute Gasteiger partial charge is 0.395 e. The van der Waals surface area contributed by atoms with Crippen LogP contribution in [0.4, 0.5) is 5.69 Å². The Bertz CT molecular complexity index is 672. The Hall–Kier alpha value is -2.23. The third-order valence-corrected chi connectivity index (χ3v) is 3.30. The van der Waals surface area contributed by atoms with Gasteiger partial charge in [-0.1, -0.05) is 23.3 Å². The number of amides is 1. The van der Waals surface area contributed by atoms with Gasteiger partial charge >= 0.3 is 0 Å². The van der Waals surface area contributed by atoms with E-state index in [2.05, 4.69) is 26.7 Å². The highest BCUT2D eigenvalue weighted by Gasteiger charge is 2.11. The fourth-order valence-electron chi connectivity index (χ4n) is 1.76. The molecule has 5 nitrogen and oxygen atoms in total. The van der Waals surface area contributed by atoms with Crippen molar-refractivity contribution in [2.24, 2.45) is 0 Å². The van der Waals surface area contributed by atoms with Crippen molar-refractivity contribution in [3.05, 3.63) is 40.4 Å². The van der Waals surface area contributed by atoms with E-state index in [1.165, 1.54) is 0 Å². The van der Waals surface area contributed by atoms with Crippen molar-refractivity contribution >= 4 is 23.1 Å². The predicted molar refractivity (Wildman–Crippen MR) is 82.3 cm³/mol.